The van der Waals surface area contributed by atoms with E-state index in [1.165, 1.54) is 16.8 Å². The van der Waals surface area contributed by atoms with Crippen LogP contribution in [0, 0.1) is 13.8 Å². The van der Waals surface area contributed by atoms with Crippen LogP contribution in [0.15, 0.2) is 6.20 Å². The average Bonchev–Trinajstić information content (AvgIpc) is 2.30. The molecule has 0 saturated carbocycles. The first kappa shape index (κ1) is 9.52. The molecule has 1 rings (SSSR count). The summed E-state index contributed by atoms with van der Waals surface area (Å²) in [6.45, 7) is 4.18. The Hall–Kier alpha value is -0.570. The Labute approximate surface area is 75.8 Å². The molecular weight excluding hydrogens is 170 g/mol. The molecule has 1 aromatic heterocycles. The topological polar surface area (TPSA) is 32.9 Å². The highest BCUT2D eigenvalue weighted by atomic mass is 32.2. The third-order valence-electron chi connectivity index (χ3n) is 2.15. The highest BCUT2D eigenvalue weighted by molar-refractivity contribution is 7.84. The maximum absolute atomic E-state index is 10.8. The van der Waals surface area contributed by atoms with E-state index in [0.717, 1.165) is 12.2 Å². The maximum atomic E-state index is 10.8. The molecule has 1 aromatic rings. The molecule has 1 unspecified atom stereocenters. The van der Waals surface area contributed by atoms with Crippen molar-refractivity contribution in [2.45, 2.75) is 20.3 Å². The van der Waals surface area contributed by atoms with Gasteiger partial charge >= 0.3 is 0 Å². The van der Waals surface area contributed by atoms with Crippen LogP contribution in [-0.2, 0) is 17.2 Å². The predicted octanol–water partition coefficient (Wildman–Crippen LogP) is 1.55. The van der Waals surface area contributed by atoms with E-state index in [-0.39, 0.29) is 0 Å². The lowest BCUT2D eigenvalue weighted by atomic mass is 10.1. The van der Waals surface area contributed by atoms with Gasteiger partial charge in [0, 0.05) is 34.7 Å². The van der Waals surface area contributed by atoms with Gasteiger partial charge < -0.3 is 4.98 Å². The van der Waals surface area contributed by atoms with Crippen LogP contribution in [0.25, 0.3) is 0 Å². The van der Waals surface area contributed by atoms with Gasteiger partial charge in [0.15, 0.2) is 0 Å². The van der Waals surface area contributed by atoms with Crippen molar-refractivity contribution in [3.05, 3.63) is 23.0 Å². The molecular formula is C9H15NOS. The maximum Gasteiger partial charge on any atom is 0.0286 e. The number of hydrogen-bond acceptors (Lipinski definition) is 1. The minimum atomic E-state index is -0.685. The number of aryl methyl sites for hydroxylation is 2. The second-order valence-corrected chi connectivity index (χ2v) is 4.66. The quantitative estimate of drug-likeness (QED) is 0.761. The fourth-order valence-corrected chi connectivity index (χ4v) is 1.65. The molecule has 1 atom stereocenters. The number of aromatic amines is 1. The molecule has 0 radical (unpaired) electrons. The zero-order valence-electron chi connectivity index (χ0n) is 7.81. The number of aromatic nitrogens is 1. The molecule has 0 amide bonds. The van der Waals surface area contributed by atoms with E-state index in [4.69, 9.17) is 0 Å². The molecule has 0 bridgehead atoms. The molecule has 0 saturated heterocycles. The normalized spacial score (nSPS) is 13.2. The van der Waals surface area contributed by atoms with Crippen LogP contribution in [-0.4, -0.2) is 21.2 Å². The largest absolute Gasteiger partial charge is 0.364 e. The van der Waals surface area contributed by atoms with Gasteiger partial charge in [-0.2, -0.15) is 0 Å². The second-order valence-electron chi connectivity index (χ2n) is 3.10. The summed E-state index contributed by atoms with van der Waals surface area (Å²) < 4.78 is 10.8. The molecule has 0 aliphatic carbocycles. The minimum absolute atomic E-state index is 0.685. The predicted molar refractivity (Wildman–Crippen MR) is 52.9 cm³/mol. The van der Waals surface area contributed by atoms with E-state index in [9.17, 15) is 4.21 Å². The SMILES string of the molecule is Cc1c[nH]c(CCS(C)=O)c1C. The van der Waals surface area contributed by atoms with Crippen molar-refractivity contribution >= 4 is 10.8 Å². The summed E-state index contributed by atoms with van der Waals surface area (Å²) in [6, 6.07) is 0. The van der Waals surface area contributed by atoms with Gasteiger partial charge in [-0.05, 0) is 31.4 Å². The van der Waals surface area contributed by atoms with E-state index < -0.39 is 10.8 Å². The Kier molecular flexibility index (Phi) is 3.09. The highest BCUT2D eigenvalue weighted by Gasteiger charge is 2.03. The van der Waals surface area contributed by atoms with Crippen LogP contribution in [0.1, 0.15) is 16.8 Å². The van der Waals surface area contributed by atoms with E-state index in [2.05, 4.69) is 18.8 Å². The monoisotopic (exact) mass is 185 g/mol. The van der Waals surface area contributed by atoms with Gasteiger partial charge in [0.2, 0.25) is 0 Å². The summed E-state index contributed by atoms with van der Waals surface area (Å²) in [5.41, 5.74) is 3.81. The van der Waals surface area contributed by atoms with Crippen molar-refractivity contribution in [3.63, 3.8) is 0 Å². The van der Waals surface area contributed by atoms with E-state index in [1.807, 2.05) is 6.20 Å². The van der Waals surface area contributed by atoms with Crippen molar-refractivity contribution in [2.24, 2.45) is 0 Å². The van der Waals surface area contributed by atoms with E-state index in [1.54, 1.807) is 6.26 Å². The zero-order chi connectivity index (χ0) is 9.14. The Balaban J connectivity index is 2.63. The van der Waals surface area contributed by atoms with E-state index in [0.29, 0.717) is 0 Å². The fourth-order valence-electron chi connectivity index (χ4n) is 1.16. The summed E-state index contributed by atoms with van der Waals surface area (Å²) in [4.78, 5) is 3.19. The summed E-state index contributed by atoms with van der Waals surface area (Å²) in [5, 5.41) is 0. The highest BCUT2D eigenvalue weighted by Crippen LogP contribution is 2.11. The molecule has 2 nitrogen and oxygen atoms in total. The molecule has 1 N–H and O–H groups in total. The van der Waals surface area contributed by atoms with Crippen molar-refractivity contribution in [1.29, 1.82) is 0 Å². The molecule has 1 heterocycles. The Morgan fingerprint density at radius 3 is 2.58 bits per heavy atom. The van der Waals surface area contributed by atoms with Crippen LogP contribution < -0.4 is 0 Å². The molecule has 12 heavy (non-hydrogen) atoms. The van der Waals surface area contributed by atoms with Crippen molar-refractivity contribution in [1.82, 2.24) is 4.98 Å². The lowest BCUT2D eigenvalue weighted by Gasteiger charge is -1.98. The molecule has 3 heteroatoms. The molecule has 68 valence electrons. The lowest BCUT2D eigenvalue weighted by Crippen LogP contribution is -1.99. The smallest absolute Gasteiger partial charge is 0.0286 e. The summed E-state index contributed by atoms with van der Waals surface area (Å²) in [7, 11) is -0.685. The number of nitrogens with one attached hydrogen (secondary N) is 1. The summed E-state index contributed by atoms with van der Waals surface area (Å²) >= 11 is 0. The molecule has 0 aliphatic rings. The van der Waals surface area contributed by atoms with Gasteiger partial charge in [0.25, 0.3) is 0 Å². The number of hydrogen-bond donors (Lipinski definition) is 1. The van der Waals surface area contributed by atoms with Crippen LogP contribution in [0.4, 0.5) is 0 Å². The zero-order valence-corrected chi connectivity index (χ0v) is 8.62. The van der Waals surface area contributed by atoms with Gasteiger partial charge in [0.05, 0.1) is 0 Å². The lowest BCUT2D eigenvalue weighted by molar-refractivity contribution is 0.685. The first-order valence-corrected chi connectivity index (χ1v) is 5.77. The summed E-state index contributed by atoms with van der Waals surface area (Å²) in [5.74, 6) is 0.751. The Morgan fingerprint density at radius 1 is 1.50 bits per heavy atom. The number of H-pyrrole nitrogens is 1. The molecule has 0 aliphatic heterocycles. The third kappa shape index (κ3) is 2.21. The third-order valence-corrected chi connectivity index (χ3v) is 2.93. The van der Waals surface area contributed by atoms with Crippen LogP contribution in [0.2, 0.25) is 0 Å². The molecule has 0 fully saturated rings. The van der Waals surface area contributed by atoms with Crippen molar-refractivity contribution in [3.8, 4) is 0 Å². The second kappa shape index (κ2) is 3.90. The van der Waals surface area contributed by atoms with Crippen LogP contribution in [0.3, 0.4) is 0 Å². The fraction of sp³-hybridized carbons (Fsp3) is 0.556. The average molecular weight is 185 g/mol. The van der Waals surface area contributed by atoms with Gasteiger partial charge in [-0.3, -0.25) is 4.21 Å². The standard InChI is InChI=1S/C9H15NOS/c1-7-6-10-9(8(7)2)4-5-12(3)11/h6,10H,4-5H2,1-3H3. The Morgan fingerprint density at radius 2 is 2.17 bits per heavy atom. The van der Waals surface area contributed by atoms with Crippen molar-refractivity contribution in [2.75, 3.05) is 12.0 Å². The van der Waals surface area contributed by atoms with Gasteiger partial charge in [-0.1, -0.05) is 0 Å². The number of rotatable bonds is 3. The van der Waals surface area contributed by atoms with Crippen LogP contribution >= 0.6 is 0 Å². The first-order valence-electron chi connectivity index (χ1n) is 4.04. The Bertz CT molecular complexity index is 291. The van der Waals surface area contributed by atoms with Crippen LogP contribution in [0.5, 0.6) is 0 Å². The van der Waals surface area contributed by atoms with Crippen molar-refractivity contribution < 1.29 is 4.21 Å². The summed E-state index contributed by atoms with van der Waals surface area (Å²) in [6.07, 6.45) is 4.64. The molecule has 0 spiro atoms. The molecule has 0 aromatic carbocycles. The van der Waals surface area contributed by atoms with Gasteiger partial charge in [0.1, 0.15) is 0 Å². The van der Waals surface area contributed by atoms with Gasteiger partial charge in [-0.25, -0.2) is 0 Å². The van der Waals surface area contributed by atoms with Gasteiger partial charge in [-0.15, -0.1) is 0 Å². The first-order chi connectivity index (χ1) is 5.61. The van der Waals surface area contributed by atoms with E-state index >= 15 is 0 Å². The minimum Gasteiger partial charge on any atom is -0.364 e.